The van der Waals surface area contributed by atoms with Crippen LogP contribution in [-0.4, -0.2) is 67.7 Å². The molecular formula is C18H25N3O4. The Balaban J connectivity index is 1.48. The summed E-state index contributed by atoms with van der Waals surface area (Å²) in [5.41, 5.74) is 2.60. The third kappa shape index (κ3) is 4.29. The van der Waals surface area contributed by atoms with Gasteiger partial charge in [-0.05, 0) is 24.1 Å². The standard InChI is InChI=1S/C18H25N3O4/c1-13(17(22)19-18(23)24-2)21-8-6-20(7-9-21)12-14-3-4-16-15(11-14)5-10-25-16/h3-4,11,13H,5-10,12H2,1-2H3,(H,19,22,23)/t13-/m0/s1. The first-order valence-electron chi connectivity index (χ1n) is 8.66. The summed E-state index contributed by atoms with van der Waals surface area (Å²) in [5, 5.41) is 2.23. The van der Waals surface area contributed by atoms with E-state index in [4.69, 9.17) is 4.74 Å². The van der Waals surface area contributed by atoms with Crippen LogP contribution in [-0.2, 0) is 22.5 Å². The number of methoxy groups -OCH3 is 1. The van der Waals surface area contributed by atoms with Gasteiger partial charge in [0.1, 0.15) is 5.75 Å². The van der Waals surface area contributed by atoms with Crippen LogP contribution in [0.5, 0.6) is 5.75 Å². The van der Waals surface area contributed by atoms with Crippen LogP contribution in [0.15, 0.2) is 18.2 Å². The smallest absolute Gasteiger partial charge is 0.413 e. The lowest BCUT2D eigenvalue weighted by Crippen LogP contribution is -2.54. The highest BCUT2D eigenvalue weighted by atomic mass is 16.5. The molecule has 2 heterocycles. The number of imide groups is 1. The number of hydrogen-bond acceptors (Lipinski definition) is 6. The highest BCUT2D eigenvalue weighted by molar-refractivity contribution is 5.94. The summed E-state index contributed by atoms with van der Waals surface area (Å²) in [4.78, 5) is 27.6. The summed E-state index contributed by atoms with van der Waals surface area (Å²) >= 11 is 0. The summed E-state index contributed by atoms with van der Waals surface area (Å²) in [6.45, 7) is 6.88. The van der Waals surface area contributed by atoms with E-state index in [-0.39, 0.29) is 11.9 Å². The number of hydrogen-bond donors (Lipinski definition) is 1. The van der Waals surface area contributed by atoms with Crippen molar-refractivity contribution in [2.75, 3.05) is 39.9 Å². The fourth-order valence-corrected chi connectivity index (χ4v) is 3.33. The molecular weight excluding hydrogens is 322 g/mol. The van der Waals surface area contributed by atoms with E-state index in [2.05, 4.69) is 38.1 Å². The Kier molecular flexibility index (Phi) is 5.55. The molecule has 2 amide bonds. The number of piperazine rings is 1. The lowest BCUT2D eigenvalue weighted by atomic mass is 10.1. The number of amides is 2. The number of carbonyl (C=O) groups is 2. The second-order valence-corrected chi connectivity index (χ2v) is 6.51. The summed E-state index contributed by atoms with van der Waals surface area (Å²) in [6, 6.07) is 6.08. The van der Waals surface area contributed by atoms with E-state index in [9.17, 15) is 9.59 Å². The van der Waals surface area contributed by atoms with Crippen LogP contribution in [0.4, 0.5) is 4.79 Å². The van der Waals surface area contributed by atoms with Crippen LogP contribution >= 0.6 is 0 Å². The summed E-state index contributed by atoms with van der Waals surface area (Å²) in [5.74, 6) is 0.693. The SMILES string of the molecule is COC(=O)NC(=O)[C@H](C)N1CCN(Cc2ccc3c(c2)CCO3)CC1. The Morgan fingerprint density at radius 1 is 1.28 bits per heavy atom. The Labute approximate surface area is 147 Å². The average Bonchev–Trinajstić information content (AvgIpc) is 3.09. The van der Waals surface area contributed by atoms with Crippen molar-refractivity contribution < 1.29 is 19.1 Å². The molecule has 1 N–H and O–H groups in total. The quantitative estimate of drug-likeness (QED) is 0.877. The molecule has 0 spiro atoms. The molecule has 0 saturated carbocycles. The number of nitrogens with zero attached hydrogens (tertiary/aromatic N) is 2. The third-order valence-electron chi connectivity index (χ3n) is 4.90. The molecule has 136 valence electrons. The minimum atomic E-state index is -0.712. The number of rotatable bonds is 4. The molecule has 0 aromatic heterocycles. The number of benzene rings is 1. The van der Waals surface area contributed by atoms with Gasteiger partial charge in [-0.1, -0.05) is 12.1 Å². The van der Waals surface area contributed by atoms with Crippen molar-refractivity contribution in [3.8, 4) is 5.75 Å². The fourth-order valence-electron chi connectivity index (χ4n) is 3.33. The Bertz CT molecular complexity index is 641. The summed E-state index contributed by atoms with van der Waals surface area (Å²) in [6.07, 6.45) is 0.278. The van der Waals surface area contributed by atoms with E-state index in [0.717, 1.165) is 51.5 Å². The first kappa shape index (κ1) is 17.7. The number of alkyl carbamates (subject to hydrolysis) is 1. The van der Waals surface area contributed by atoms with Gasteiger partial charge in [-0.25, -0.2) is 4.79 Å². The van der Waals surface area contributed by atoms with E-state index in [1.165, 1.54) is 18.2 Å². The van der Waals surface area contributed by atoms with Crippen molar-refractivity contribution in [3.05, 3.63) is 29.3 Å². The minimum absolute atomic E-state index is 0.320. The van der Waals surface area contributed by atoms with Gasteiger partial charge in [0.25, 0.3) is 0 Å². The molecule has 1 fully saturated rings. The first-order chi connectivity index (χ1) is 12.1. The van der Waals surface area contributed by atoms with Crippen LogP contribution in [0.3, 0.4) is 0 Å². The van der Waals surface area contributed by atoms with Crippen molar-refractivity contribution >= 4 is 12.0 Å². The normalized spacial score (nSPS) is 19.0. The molecule has 25 heavy (non-hydrogen) atoms. The van der Waals surface area contributed by atoms with E-state index >= 15 is 0 Å². The van der Waals surface area contributed by atoms with Crippen molar-refractivity contribution in [1.82, 2.24) is 15.1 Å². The van der Waals surface area contributed by atoms with Gasteiger partial charge in [-0.2, -0.15) is 0 Å². The molecule has 3 rings (SSSR count). The molecule has 1 atom stereocenters. The van der Waals surface area contributed by atoms with Gasteiger partial charge >= 0.3 is 6.09 Å². The zero-order valence-electron chi connectivity index (χ0n) is 14.8. The molecule has 1 saturated heterocycles. The lowest BCUT2D eigenvalue weighted by molar-refractivity contribution is -0.125. The van der Waals surface area contributed by atoms with E-state index in [0.29, 0.717) is 0 Å². The van der Waals surface area contributed by atoms with Crippen molar-refractivity contribution in [2.45, 2.75) is 25.9 Å². The van der Waals surface area contributed by atoms with Crippen molar-refractivity contribution in [3.63, 3.8) is 0 Å². The molecule has 7 heteroatoms. The van der Waals surface area contributed by atoms with Crippen LogP contribution in [0.2, 0.25) is 0 Å². The molecule has 1 aromatic carbocycles. The maximum Gasteiger partial charge on any atom is 0.413 e. The number of ether oxygens (including phenoxy) is 2. The van der Waals surface area contributed by atoms with Crippen molar-refractivity contribution in [2.24, 2.45) is 0 Å². The van der Waals surface area contributed by atoms with Gasteiger partial charge in [0.15, 0.2) is 0 Å². The van der Waals surface area contributed by atoms with E-state index < -0.39 is 6.09 Å². The Hall–Kier alpha value is -2.12. The number of nitrogens with one attached hydrogen (secondary N) is 1. The van der Waals surface area contributed by atoms with Crippen LogP contribution in [0.25, 0.3) is 0 Å². The highest BCUT2D eigenvalue weighted by Crippen LogP contribution is 2.26. The van der Waals surface area contributed by atoms with Crippen LogP contribution < -0.4 is 10.1 Å². The largest absolute Gasteiger partial charge is 0.493 e. The molecule has 2 aliphatic heterocycles. The molecule has 0 radical (unpaired) electrons. The Morgan fingerprint density at radius 2 is 2.04 bits per heavy atom. The molecule has 0 aliphatic carbocycles. The Morgan fingerprint density at radius 3 is 2.76 bits per heavy atom. The second kappa shape index (κ2) is 7.84. The third-order valence-corrected chi connectivity index (χ3v) is 4.90. The zero-order chi connectivity index (χ0) is 17.8. The van der Waals surface area contributed by atoms with Gasteiger partial charge in [0.2, 0.25) is 5.91 Å². The zero-order valence-corrected chi connectivity index (χ0v) is 14.8. The minimum Gasteiger partial charge on any atom is -0.493 e. The van der Waals surface area contributed by atoms with Crippen LogP contribution in [0, 0.1) is 0 Å². The topological polar surface area (TPSA) is 71.1 Å². The van der Waals surface area contributed by atoms with Gasteiger partial charge in [0, 0.05) is 39.1 Å². The monoisotopic (exact) mass is 347 g/mol. The fraction of sp³-hybridized carbons (Fsp3) is 0.556. The lowest BCUT2D eigenvalue weighted by Gasteiger charge is -2.37. The van der Waals surface area contributed by atoms with Gasteiger partial charge in [-0.3, -0.25) is 19.9 Å². The number of fused-ring (bicyclic) bond motifs is 1. The molecule has 7 nitrogen and oxygen atoms in total. The number of carbonyl (C=O) groups excluding carboxylic acids is 2. The summed E-state index contributed by atoms with van der Waals surface area (Å²) in [7, 11) is 1.25. The molecule has 0 bridgehead atoms. The average molecular weight is 347 g/mol. The molecule has 1 aromatic rings. The van der Waals surface area contributed by atoms with Gasteiger partial charge in [0.05, 0.1) is 19.8 Å². The van der Waals surface area contributed by atoms with Crippen LogP contribution in [0.1, 0.15) is 18.1 Å². The molecule has 2 aliphatic rings. The maximum atomic E-state index is 12.0. The van der Waals surface area contributed by atoms with E-state index in [1.807, 2.05) is 6.92 Å². The predicted octanol–water partition coefficient (Wildman–Crippen LogP) is 1.01. The molecule has 0 unspecified atom stereocenters. The van der Waals surface area contributed by atoms with Crippen molar-refractivity contribution in [1.29, 1.82) is 0 Å². The first-order valence-corrected chi connectivity index (χ1v) is 8.66. The van der Waals surface area contributed by atoms with Gasteiger partial charge < -0.3 is 9.47 Å². The summed E-state index contributed by atoms with van der Waals surface area (Å²) < 4.78 is 10.0. The van der Waals surface area contributed by atoms with Gasteiger partial charge in [-0.15, -0.1) is 0 Å². The highest BCUT2D eigenvalue weighted by Gasteiger charge is 2.26. The van der Waals surface area contributed by atoms with E-state index in [1.54, 1.807) is 0 Å². The predicted molar refractivity (Wildman–Crippen MR) is 92.5 cm³/mol. The second-order valence-electron chi connectivity index (χ2n) is 6.51. The maximum absolute atomic E-state index is 12.0.